The summed E-state index contributed by atoms with van der Waals surface area (Å²) in [5.74, 6) is -1.94. The molecule has 0 bridgehead atoms. The third-order valence-corrected chi connectivity index (χ3v) is 4.37. The predicted molar refractivity (Wildman–Crippen MR) is 91.8 cm³/mol. The lowest BCUT2D eigenvalue weighted by Gasteiger charge is -2.31. The number of imide groups is 1. The number of halogens is 1. The van der Waals surface area contributed by atoms with Crippen LogP contribution in [0.1, 0.15) is 11.1 Å². The molecule has 0 saturated carbocycles. The Labute approximate surface area is 147 Å². The smallest absolute Gasteiger partial charge is 0.318 e. The van der Waals surface area contributed by atoms with Crippen molar-refractivity contribution in [1.29, 1.82) is 0 Å². The molecule has 0 aliphatic carbocycles. The summed E-state index contributed by atoms with van der Waals surface area (Å²) in [6.45, 7) is 0.0870. The summed E-state index contributed by atoms with van der Waals surface area (Å²) < 4.78 is 0.905. The number of rotatable bonds is 4. The van der Waals surface area contributed by atoms with Crippen molar-refractivity contribution in [2.45, 2.75) is 19.0 Å². The molecule has 2 aromatic rings. The van der Waals surface area contributed by atoms with Crippen LogP contribution in [-0.2, 0) is 27.3 Å². The topological polar surface area (TPSA) is 66.5 Å². The van der Waals surface area contributed by atoms with Crippen LogP contribution in [0.5, 0.6) is 0 Å². The van der Waals surface area contributed by atoms with E-state index in [4.69, 9.17) is 0 Å². The molecule has 0 spiro atoms. The van der Waals surface area contributed by atoms with Gasteiger partial charge in [0.05, 0.1) is 6.54 Å². The highest BCUT2D eigenvalue weighted by molar-refractivity contribution is 9.10. The number of hydrogen-bond donors (Lipinski definition) is 1. The van der Waals surface area contributed by atoms with E-state index in [0.717, 1.165) is 20.5 Å². The van der Waals surface area contributed by atoms with Crippen molar-refractivity contribution in [2.24, 2.45) is 0 Å². The zero-order chi connectivity index (χ0) is 17.1. The summed E-state index contributed by atoms with van der Waals surface area (Å²) >= 11 is 3.34. The minimum Gasteiger partial charge on any atom is -0.336 e. The molecule has 0 radical (unpaired) electrons. The fraction of sp³-hybridized carbons (Fsp3) is 0.167. The first-order valence-corrected chi connectivity index (χ1v) is 8.28. The van der Waals surface area contributed by atoms with Crippen LogP contribution in [0.15, 0.2) is 59.1 Å². The van der Waals surface area contributed by atoms with Gasteiger partial charge in [-0.1, -0.05) is 58.4 Å². The van der Waals surface area contributed by atoms with E-state index in [1.807, 2.05) is 54.6 Å². The zero-order valence-corrected chi connectivity index (χ0v) is 14.3. The van der Waals surface area contributed by atoms with Gasteiger partial charge in [0, 0.05) is 10.9 Å². The fourth-order valence-corrected chi connectivity index (χ4v) is 2.87. The van der Waals surface area contributed by atoms with Gasteiger partial charge in [0.1, 0.15) is 6.04 Å². The molecule has 1 aliphatic rings. The van der Waals surface area contributed by atoms with Crippen LogP contribution < -0.4 is 5.32 Å². The zero-order valence-electron chi connectivity index (χ0n) is 12.7. The highest BCUT2D eigenvalue weighted by Gasteiger charge is 2.39. The van der Waals surface area contributed by atoms with E-state index in [2.05, 4.69) is 21.2 Å². The van der Waals surface area contributed by atoms with E-state index in [-0.39, 0.29) is 12.5 Å². The molecule has 122 valence electrons. The van der Waals surface area contributed by atoms with E-state index in [1.54, 1.807) is 0 Å². The third kappa shape index (κ3) is 3.54. The Morgan fingerprint density at radius 1 is 0.917 bits per heavy atom. The minimum atomic E-state index is -0.813. The molecular formula is C18H15BrN2O3. The van der Waals surface area contributed by atoms with Gasteiger partial charge in [0.2, 0.25) is 0 Å². The van der Waals surface area contributed by atoms with Crippen molar-refractivity contribution in [3.05, 3.63) is 70.2 Å². The molecule has 0 aromatic heterocycles. The number of piperazine rings is 1. The summed E-state index contributed by atoms with van der Waals surface area (Å²) in [7, 11) is 0. The molecule has 3 amide bonds. The molecule has 3 rings (SSSR count). The van der Waals surface area contributed by atoms with E-state index in [0.29, 0.717) is 6.42 Å². The van der Waals surface area contributed by atoms with Gasteiger partial charge in [-0.25, -0.2) is 0 Å². The molecule has 5 nitrogen and oxygen atoms in total. The van der Waals surface area contributed by atoms with Crippen LogP contribution in [0.25, 0.3) is 0 Å². The number of nitrogens with zero attached hydrogens (tertiary/aromatic N) is 1. The van der Waals surface area contributed by atoms with Crippen LogP contribution in [0.2, 0.25) is 0 Å². The quantitative estimate of drug-likeness (QED) is 0.645. The molecule has 24 heavy (non-hydrogen) atoms. The summed E-state index contributed by atoms with van der Waals surface area (Å²) in [5, 5.41) is 2.50. The molecule has 2 aromatic carbocycles. The van der Waals surface area contributed by atoms with E-state index in [9.17, 15) is 14.4 Å². The average Bonchev–Trinajstić information content (AvgIpc) is 2.59. The van der Waals surface area contributed by atoms with Crippen molar-refractivity contribution < 1.29 is 14.4 Å². The Balaban J connectivity index is 1.79. The molecule has 1 N–H and O–H groups in total. The van der Waals surface area contributed by atoms with Crippen LogP contribution in [0.4, 0.5) is 0 Å². The lowest BCUT2D eigenvalue weighted by Crippen LogP contribution is -2.61. The highest BCUT2D eigenvalue weighted by atomic mass is 79.9. The first-order valence-electron chi connectivity index (χ1n) is 7.49. The first kappa shape index (κ1) is 16.4. The second-order valence-corrected chi connectivity index (χ2v) is 6.49. The van der Waals surface area contributed by atoms with Gasteiger partial charge in [0.15, 0.2) is 0 Å². The van der Waals surface area contributed by atoms with Gasteiger partial charge < -0.3 is 5.32 Å². The monoisotopic (exact) mass is 386 g/mol. The molecule has 1 fully saturated rings. The van der Waals surface area contributed by atoms with Gasteiger partial charge in [-0.3, -0.25) is 19.3 Å². The maximum atomic E-state index is 12.6. The Morgan fingerprint density at radius 3 is 2.25 bits per heavy atom. The van der Waals surface area contributed by atoms with Gasteiger partial charge in [-0.05, 0) is 23.3 Å². The Bertz CT molecular complexity index is 775. The first-order chi connectivity index (χ1) is 11.5. The highest BCUT2D eigenvalue weighted by Crippen LogP contribution is 2.16. The van der Waals surface area contributed by atoms with Crippen molar-refractivity contribution in [3.8, 4) is 0 Å². The van der Waals surface area contributed by atoms with Crippen LogP contribution >= 0.6 is 15.9 Å². The van der Waals surface area contributed by atoms with E-state index in [1.165, 1.54) is 0 Å². The lowest BCUT2D eigenvalue weighted by molar-refractivity contribution is -0.159. The van der Waals surface area contributed by atoms with Crippen molar-refractivity contribution in [2.75, 3.05) is 0 Å². The molecule has 0 unspecified atom stereocenters. The number of carbonyl (C=O) groups excluding carboxylic acids is 3. The number of benzene rings is 2. The summed E-state index contributed by atoms with van der Waals surface area (Å²) in [5.41, 5.74) is 1.71. The maximum absolute atomic E-state index is 12.6. The van der Waals surface area contributed by atoms with Crippen molar-refractivity contribution >= 4 is 33.7 Å². The SMILES string of the molecule is O=C1N[C@@H](Cc2ccccc2)C(=O)N(Cc2ccc(Br)cc2)C1=O. The molecule has 1 heterocycles. The van der Waals surface area contributed by atoms with Gasteiger partial charge in [0.25, 0.3) is 5.91 Å². The lowest BCUT2D eigenvalue weighted by atomic mass is 10.0. The molecule has 1 aliphatic heterocycles. The summed E-state index contributed by atoms with van der Waals surface area (Å²) in [6, 6.07) is 15.9. The van der Waals surface area contributed by atoms with E-state index < -0.39 is 17.9 Å². The number of nitrogens with one attached hydrogen (secondary N) is 1. The second-order valence-electron chi connectivity index (χ2n) is 5.57. The van der Waals surface area contributed by atoms with Gasteiger partial charge in [-0.2, -0.15) is 0 Å². The predicted octanol–water partition coefficient (Wildman–Crippen LogP) is 2.05. The van der Waals surface area contributed by atoms with Gasteiger partial charge >= 0.3 is 11.8 Å². The third-order valence-electron chi connectivity index (χ3n) is 3.85. The van der Waals surface area contributed by atoms with Crippen molar-refractivity contribution in [1.82, 2.24) is 10.2 Å². The summed E-state index contributed by atoms with van der Waals surface area (Å²) in [6.07, 6.45) is 0.357. The standard InChI is InChI=1S/C18H15BrN2O3/c19-14-8-6-13(7-9-14)11-21-17(23)15(20-16(22)18(21)24)10-12-4-2-1-3-5-12/h1-9,15H,10-11H2,(H,20,22)/t15-/m0/s1. The molecule has 1 saturated heterocycles. The van der Waals surface area contributed by atoms with Crippen molar-refractivity contribution in [3.63, 3.8) is 0 Å². The summed E-state index contributed by atoms with van der Waals surface area (Å²) in [4.78, 5) is 37.7. The van der Waals surface area contributed by atoms with Crippen LogP contribution in [0.3, 0.4) is 0 Å². The molecular weight excluding hydrogens is 372 g/mol. The van der Waals surface area contributed by atoms with Crippen LogP contribution in [-0.4, -0.2) is 28.7 Å². The minimum absolute atomic E-state index is 0.0870. The average molecular weight is 387 g/mol. The number of amides is 3. The maximum Gasteiger partial charge on any atom is 0.318 e. The van der Waals surface area contributed by atoms with Gasteiger partial charge in [-0.15, -0.1) is 0 Å². The Morgan fingerprint density at radius 2 is 1.58 bits per heavy atom. The van der Waals surface area contributed by atoms with E-state index >= 15 is 0 Å². The Hall–Kier alpha value is -2.47. The second kappa shape index (κ2) is 6.97. The fourth-order valence-electron chi connectivity index (χ4n) is 2.60. The largest absolute Gasteiger partial charge is 0.336 e. The molecule has 1 atom stereocenters. The molecule has 6 heteroatoms. The number of carbonyl (C=O) groups is 3. The normalized spacial score (nSPS) is 17.8. The Kier molecular flexibility index (Phi) is 4.76. The van der Waals surface area contributed by atoms with Crippen LogP contribution in [0, 0.1) is 0 Å². The number of hydrogen-bond acceptors (Lipinski definition) is 3.